The maximum Gasteiger partial charge on any atom is 0.318 e. The lowest BCUT2D eigenvalue weighted by Crippen LogP contribution is -2.41. The van der Waals surface area contributed by atoms with Crippen LogP contribution in [-0.4, -0.2) is 24.3 Å². The van der Waals surface area contributed by atoms with Gasteiger partial charge in [-0.25, -0.2) is 0 Å². The van der Waals surface area contributed by atoms with E-state index in [4.69, 9.17) is 0 Å². The van der Waals surface area contributed by atoms with Crippen molar-refractivity contribution in [1.82, 2.24) is 0 Å². The van der Waals surface area contributed by atoms with E-state index in [1.54, 1.807) is 6.92 Å². The Morgan fingerprint density at radius 1 is 1.62 bits per heavy atom. The van der Waals surface area contributed by atoms with Gasteiger partial charge >= 0.3 is 5.97 Å². The third kappa shape index (κ3) is 2.31. The smallest absolute Gasteiger partial charge is 0.318 e. The number of hydrogen-bond donors (Lipinski definition) is 1. The minimum absolute atomic E-state index is 0.0119. The lowest BCUT2D eigenvalue weighted by molar-refractivity contribution is -0.156. The van der Waals surface area contributed by atoms with Gasteiger partial charge in [0.15, 0.2) is 0 Å². The van der Waals surface area contributed by atoms with Crippen LogP contribution in [0.4, 0.5) is 0 Å². The molecule has 0 amide bonds. The molecule has 3 heteroatoms. The molecule has 0 aliphatic rings. The van der Waals surface area contributed by atoms with Crippen molar-refractivity contribution in [2.75, 3.05) is 7.11 Å². The Kier molecular flexibility index (Phi) is 4.14. The number of esters is 1. The molecular formula is C10H18O3. The quantitative estimate of drug-likeness (QED) is 0.533. The van der Waals surface area contributed by atoms with Crippen molar-refractivity contribution >= 4 is 5.97 Å². The summed E-state index contributed by atoms with van der Waals surface area (Å²) in [4.78, 5) is 11.4. The molecule has 0 bridgehead atoms. The van der Waals surface area contributed by atoms with Crippen molar-refractivity contribution in [3.8, 4) is 0 Å². The summed E-state index contributed by atoms with van der Waals surface area (Å²) in [6.07, 6.45) is 0.668. The van der Waals surface area contributed by atoms with Gasteiger partial charge in [0.2, 0.25) is 0 Å². The highest BCUT2D eigenvalue weighted by atomic mass is 16.5. The van der Waals surface area contributed by atoms with Crippen LogP contribution in [0.1, 0.15) is 20.8 Å². The zero-order chi connectivity index (χ0) is 10.6. The average molecular weight is 186 g/mol. The number of aliphatic hydroxyl groups is 1. The number of aliphatic hydroxyl groups excluding tert-OH is 1. The predicted octanol–water partition coefficient (Wildman–Crippen LogP) is 1.37. The molecule has 2 atom stereocenters. The summed E-state index contributed by atoms with van der Waals surface area (Å²) >= 11 is 0. The first-order valence-corrected chi connectivity index (χ1v) is 4.30. The number of ether oxygens (including phenoxy) is 1. The first-order chi connectivity index (χ1) is 5.90. The fourth-order valence-corrected chi connectivity index (χ4v) is 1.24. The topological polar surface area (TPSA) is 46.5 Å². The second-order valence-corrected chi connectivity index (χ2v) is 3.67. The molecule has 1 N–H and O–H groups in total. The summed E-state index contributed by atoms with van der Waals surface area (Å²) in [5.74, 6) is -0.467. The Balaban J connectivity index is 4.82. The molecule has 0 aromatic heterocycles. The van der Waals surface area contributed by atoms with Gasteiger partial charge in [0, 0.05) is 0 Å². The monoisotopic (exact) mass is 186 g/mol. The maximum atomic E-state index is 11.4. The van der Waals surface area contributed by atoms with Crippen LogP contribution in [0, 0.1) is 11.3 Å². The Labute approximate surface area is 79.4 Å². The van der Waals surface area contributed by atoms with Gasteiger partial charge in [-0.3, -0.25) is 4.79 Å². The normalized spacial score (nSPS) is 17.7. The van der Waals surface area contributed by atoms with Gasteiger partial charge in [-0.1, -0.05) is 19.9 Å². The van der Waals surface area contributed by atoms with Crippen molar-refractivity contribution in [1.29, 1.82) is 0 Å². The molecular weight excluding hydrogens is 168 g/mol. The van der Waals surface area contributed by atoms with Crippen LogP contribution < -0.4 is 0 Å². The minimum Gasteiger partial charge on any atom is -0.468 e. The van der Waals surface area contributed by atoms with Crippen LogP contribution >= 0.6 is 0 Å². The lowest BCUT2D eigenvalue weighted by Gasteiger charge is -2.30. The van der Waals surface area contributed by atoms with Gasteiger partial charge in [0.1, 0.15) is 5.41 Å². The summed E-state index contributed by atoms with van der Waals surface area (Å²) in [6, 6.07) is 0. The van der Waals surface area contributed by atoms with Gasteiger partial charge < -0.3 is 9.84 Å². The van der Waals surface area contributed by atoms with E-state index in [1.165, 1.54) is 13.2 Å². The third-order valence-corrected chi connectivity index (χ3v) is 2.30. The molecule has 3 nitrogen and oxygen atoms in total. The van der Waals surface area contributed by atoms with Crippen molar-refractivity contribution < 1.29 is 14.6 Å². The molecule has 0 aliphatic carbocycles. The highest BCUT2D eigenvalue weighted by Gasteiger charge is 2.40. The maximum absolute atomic E-state index is 11.4. The average Bonchev–Trinajstić information content (AvgIpc) is 2.13. The molecule has 0 spiro atoms. The number of hydrogen-bond acceptors (Lipinski definition) is 3. The van der Waals surface area contributed by atoms with E-state index in [2.05, 4.69) is 11.3 Å². The van der Waals surface area contributed by atoms with E-state index < -0.39 is 17.5 Å². The molecule has 13 heavy (non-hydrogen) atoms. The summed E-state index contributed by atoms with van der Waals surface area (Å²) in [6.45, 7) is 8.85. The second kappa shape index (κ2) is 4.42. The van der Waals surface area contributed by atoms with E-state index in [0.29, 0.717) is 0 Å². The van der Waals surface area contributed by atoms with Gasteiger partial charge in [0.05, 0.1) is 13.2 Å². The molecule has 0 aliphatic heterocycles. The van der Waals surface area contributed by atoms with Gasteiger partial charge in [0.25, 0.3) is 0 Å². The van der Waals surface area contributed by atoms with E-state index >= 15 is 0 Å². The van der Waals surface area contributed by atoms with E-state index in [0.717, 1.165) is 0 Å². The zero-order valence-corrected chi connectivity index (χ0v) is 8.70. The first-order valence-electron chi connectivity index (χ1n) is 4.30. The molecule has 0 heterocycles. The highest BCUT2D eigenvalue weighted by Crippen LogP contribution is 2.29. The molecule has 0 aromatic rings. The molecule has 0 radical (unpaired) electrons. The van der Waals surface area contributed by atoms with E-state index in [-0.39, 0.29) is 5.92 Å². The van der Waals surface area contributed by atoms with Crippen LogP contribution in [0.3, 0.4) is 0 Å². The zero-order valence-electron chi connectivity index (χ0n) is 8.70. The molecule has 0 fully saturated rings. The third-order valence-electron chi connectivity index (χ3n) is 2.30. The van der Waals surface area contributed by atoms with Gasteiger partial charge in [-0.05, 0) is 12.8 Å². The van der Waals surface area contributed by atoms with Gasteiger partial charge in [-0.15, -0.1) is 6.58 Å². The van der Waals surface area contributed by atoms with E-state index in [1.807, 2.05) is 13.8 Å². The Morgan fingerprint density at radius 2 is 2.08 bits per heavy atom. The standard InChI is InChI=1S/C10H18O3/c1-6-10(4,9(12)13-5)8(11)7(2)3/h6-8,11H,1H2,2-5H3/t8-,10+/m0/s1. The van der Waals surface area contributed by atoms with Crippen molar-refractivity contribution in [3.63, 3.8) is 0 Å². The van der Waals surface area contributed by atoms with Crippen molar-refractivity contribution in [3.05, 3.63) is 12.7 Å². The minimum atomic E-state index is -1.01. The molecule has 76 valence electrons. The Morgan fingerprint density at radius 3 is 2.31 bits per heavy atom. The van der Waals surface area contributed by atoms with Crippen LogP contribution in [0.5, 0.6) is 0 Å². The lowest BCUT2D eigenvalue weighted by atomic mass is 9.79. The van der Waals surface area contributed by atoms with Crippen LogP contribution in [-0.2, 0) is 9.53 Å². The Hall–Kier alpha value is -0.830. The summed E-state index contributed by atoms with van der Waals surface area (Å²) in [5, 5.41) is 9.77. The molecule has 0 rings (SSSR count). The SMILES string of the molecule is C=C[C@@](C)(C(=O)OC)[C@@H](O)C(C)C. The molecule has 0 aromatic carbocycles. The van der Waals surface area contributed by atoms with Crippen LogP contribution in [0.2, 0.25) is 0 Å². The molecule has 0 saturated heterocycles. The molecule has 0 saturated carbocycles. The number of carbonyl (C=O) groups excluding carboxylic acids is 1. The Bertz CT molecular complexity index is 198. The van der Waals surface area contributed by atoms with Crippen molar-refractivity contribution in [2.45, 2.75) is 26.9 Å². The molecule has 0 unspecified atom stereocenters. The largest absolute Gasteiger partial charge is 0.468 e. The number of rotatable bonds is 4. The predicted molar refractivity (Wildman–Crippen MR) is 51.2 cm³/mol. The summed E-state index contributed by atoms with van der Waals surface area (Å²) < 4.78 is 4.61. The fraction of sp³-hybridized carbons (Fsp3) is 0.700. The highest BCUT2D eigenvalue weighted by molar-refractivity contribution is 5.79. The van der Waals surface area contributed by atoms with Crippen LogP contribution in [0.15, 0.2) is 12.7 Å². The van der Waals surface area contributed by atoms with Crippen LogP contribution in [0.25, 0.3) is 0 Å². The summed E-state index contributed by atoms with van der Waals surface area (Å²) in [7, 11) is 1.30. The van der Waals surface area contributed by atoms with Crippen molar-refractivity contribution in [2.24, 2.45) is 11.3 Å². The fourth-order valence-electron chi connectivity index (χ4n) is 1.24. The summed E-state index contributed by atoms with van der Waals surface area (Å²) in [5.41, 5.74) is -1.01. The number of carbonyl (C=O) groups is 1. The number of methoxy groups -OCH3 is 1. The second-order valence-electron chi connectivity index (χ2n) is 3.67. The first kappa shape index (κ1) is 12.2. The van der Waals surface area contributed by atoms with Gasteiger partial charge in [-0.2, -0.15) is 0 Å². The van der Waals surface area contributed by atoms with E-state index in [9.17, 15) is 9.90 Å².